The molecule has 9 nitrogen and oxygen atoms in total. The molecule has 0 aromatic heterocycles. The van der Waals surface area contributed by atoms with E-state index in [-0.39, 0.29) is 5.69 Å². The first-order valence-electron chi connectivity index (χ1n) is 9.19. The van der Waals surface area contributed by atoms with Crippen LogP contribution in [0, 0.1) is 20.2 Å². The highest BCUT2D eigenvalue weighted by atomic mass is 16.6. The molecule has 0 spiro atoms. The van der Waals surface area contributed by atoms with Gasteiger partial charge in [0.2, 0.25) is 0 Å². The molecule has 2 rings (SSSR count). The number of anilines is 1. The summed E-state index contributed by atoms with van der Waals surface area (Å²) in [6, 6.07) is 10.8. The summed E-state index contributed by atoms with van der Waals surface area (Å²) in [5.74, 6) is 0. The lowest BCUT2D eigenvalue weighted by Crippen LogP contribution is -2.00. The lowest BCUT2D eigenvalue weighted by atomic mass is 10.1. The number of nitrogens with zero attached hydrogens (tertiary/aromatic N) is 4. The van der Waals surface area contributed by atoms with E-state index in [1.807, 2.05) is 12.1 Å². The first-order valence-corrected chi connectivity index (χ1v) is 9.19. The fourth-order valence-electron chi connectivity index (χ4n) is 2.60. The quantitative estimate of drug-likeness (QED) is 0.210. The number of azo groups is 1. The molecule has 0 aliphatic heterocycles. The molecule has 2 aromatic rings. The van der Waals surface area contributed by atoms with E-state index in [4.69, 9.17) is 0 Å². The molecule has 0 aliphatic rings. The Balaban J connectivity index is 1.94. The summed E-state index contributed by atoms with van der Waals surface area (Å²) in [6.07, 6.45) is 6.11. The Bertz CT molecular complexity index is 837. The van der Waals surface area contributed by atoms with E-state index in [0.717, 1.165) is 30.8 Å². The van der Waals surface area contributed by atoms with Crippen molar-refractivity contribution in [2.75, 3.05) is 11.9 Å². The summed E-state index contributed by atoms with van der Waals surface area (Å²) in [6.45, 7) is 3.11. The van der Waals surface area contributed by atoms with E-state index in [1.54, 1.807) is 12.1 Å². The third-order valence-corrected chi connectivity index (χ3v) is 4.11. The second-order valence-corrected chi connectivity index (χ2v) is 6.28. The monoisotopic (exact) mass is 385 g/mol. The number of benzene rings is 2. The largest absolute Gasteiger partial charge is 0.385 e. The number of rotatable bonds is 11. The van der Waals surface area contributed by atoms with Gasteiger partial charge in [-0.2, -0.15) is 10.2 Å². The van der Waals surface area contributed by atoms with Crippen LogP contribution in [0.25, 0.3) is 0 Å². The molecule has 0 atom stereocenters. The van der Waals surface area contributed by atoms with Crippen molar-refractivity contribution in [2.45, 2.75) is 39.0 Å². The molecule has 1 N–H and O–H groups in total. The maximum absolute atomic E-state index is 11.0. The van der Waals surface area contributed by atoms with Crippen molar-refractivity contribution < 1.29 is 9.85 Å². The lowest BCUT2D eigenvalue weighted by Gasteiger charge is -2.06. The number of unbranched alkanes of at least 4 members (excludes halogenated alkanes) is 4. The summed E-state index contributed by atoms with van der Waals surface area (Å²) in [5, 5.41) is 33.1. The van der Waals surface area contributed by atoms with Crippen molar-refractivity contribution in [3.8, 4) is 0 Å². The maximum atomic E-state index is 11.0. The molecular formula is C19H23N5O4. The molecule has 148 valence electrons. The zero-order valence-corrected chi connectivity index (χ0v) is 15.7. The molecule has 9 heteroatoms. The van der Waals surface area contributed by atoms with Crippen molar-refractivity contribution in [2.24, 2.45) is 10.2 Å². The molecule has 0 radical (unpaired) electrons. The van der Waals surface area contributed by atoms with E-state index in [9.17, 15) is 20.2 Å². The average Bonchev–Trinajstić information content (AvgIpc) is 2.69. The van der Waals surface area contributed by atoms with E-state index >= 15 is 0 Å². The number of nitro benzene ring substituents is 2. The van der Waals surface area contributed by atoms with Crippen molar-refractivity contribution >= 4 is 28.4 Å². The van der Waals surface area contributed by atoms with Gasteiger partial charge in [-0.3, -0.25) is 20.2 Å². The van der Waals surface area contributed by atoms with Gasteiger partial charge >= 0.3 is 11.4 Å². The average molecular weight is 385 g/mol. The van der Waals surface area contributed by atoms with Gasteiger partial charge in [0.05, 0.1) is 27.3 Å². The van der Waals surface area contributed by atoms with Crippen LogP contribution >= 0.6 is 0 Å². The summed E-state index contributed by atoms with van der Waals surface area (Å²) >= 11 is 0. The van der Waals surface area contributed by atoms with Gasteiger partial charge in [0, 0.05) is 18.3 Å². The Labute approximate surface area is 162 Å². The normalized spacial score (nSPS) is 10.9. The summed E-state index contributed by atoms with van der Waals surface area (Å²) in [5.41, 5.74) is 0.551. The second-order valence-electron chi connectivity index (χ2n) is 6.28. The Morgan fingerprint density at radius 1 is 0.821 bits per heavy atom. The Kier molecular flexibility index (Phi) is 8.01. The maximum Gasteiger partial charge on any atom is 0.348 e. The SMILES string of the molecule is CCCCCCCNc1ccc(N=Nc2ccc([N+](=O)[O-])c([N+](=O)[O-])c2)cc1. The van der Waals surface area contributed by atoms with E-state index in [1.165, 1.54) is 31.7 Å². The Morgan fingerprint density at radius 3 is 2.07 bits per heavy atom. The second kappa shape index (κ2) is 10.7. The molecule has 0 amide bonds. The van der Waals surface area contributed by atoms with Gasteiger partial charge in [-0.25, -0.2) is 0 Å². The lowest BCUT2D eigenvalue weighted by molar-refractivity contribution is -0.422. The van der Waals surface area contributed by atoms with E-state index < -0.39 is 21.2 Å². The van der Waals surface area contributed by atoms with Gasteiger partial charge in [0.1, 0.15) is 0 Å². The first kappa shape index (κ1) is 20.9. The number of hydrogen-bond donors (Lipinski definition) is 1. The molecule has 28 heavy (non-hydrogen) atoms. The van der Waals surface area contributed by atoms with Crippen molar-refractivity contribution in [3.05, 3.63) is 62.7 Å². The molecule has 0 saturated heterocycles. The third-order valence-electron chi connectivity index (χ3n) is 4.11. The zero-order valence-electron chi connectivity index (χ0n) is 15.7. The van der Waals surface area contributed by atoms with Crippen LogP contribution in [0.4, 0.5) is 28.4 Å². The smallest absolute Gasteiger partial charge is 0.348 e. The van der Waals surface area contributed by atoms with E-state index in [0.29, 0.717) is 5.69 Å². The highest BCUT2D eigenvalue weighted by Gasteiger charge is 2.24. The van der Waals surface area contributed by atoms with Gasteiger partial charge in [-0.1, -0.05) is 32.6 Å². The number of nitro groups is 2. The molecule has 2 aromatic carbocycles. The third kappa shape index (κ3) is 6.42. The number of hydrogen-bond acceptors (Lipinski definition) is 7. The van der Waals surface area contributed by atoms with Crippen LogP contribution in [-0.2, 0) is 0 Å². The topological polar surface area (TPSA) is 123 Å². The fourth-order valence-corrected chi connectivity index (χ4v) is 2.60. The molecule has 0 unspecified atom stereocenters. The van der Waals surface area contributed by atoms with E-state index in [2.05, 4.69) is 22.5 Å². The first-order chi connectivity index (χ1) is 13.5. The highest BCUT2D eigenvalue weighted by molar-refractivity contribution is 5.60. The van der Waals surface area contributed by atoms with Crippen LogP contribution < -0.4 is 5.32 Å². The molecule has 0 saturated carbocycles. The van der Waals surface area contributed by atoms with Crippen LogP contribution in [0.2, 0.25) is 0 Å². The number of nitrogens with one attached hydrogen (secondary N) is 1. The predicted octanol–water partition coefficient (Wildman–Crippen LogP) is 6.30. The molecular weight excluding hydrogens is 362 g/mol. The Morgan fingerprint density at radius 2 is 1.43 bits per heavy atom. The minimum Gasteiger partial charge on any atom is -0.385 e. The van der Waals surface area contributed by atoms with Crippen LogP contribution in [0.5, 0.6) is 0 Å². The summed E-state index contributed by atoms with van der Waals surface area (Å²) < 4.78 is 0. The summed E-state index contributed by atoms with van der Waals surface area (Å²) in [4.78, 5) is 20.2. The standard InChI is InChI=1S/C19H23N5O4/c1-2-3-4-5-6-13-20-15-7-9-16(10-8-15)21-22-17-11-12-18(23(25)26)19(14-17)24(27)28/h7-12,14,20H,2-6,13H2,1H3. The van der Waals surface area contributed by atoms with Crippen molar-refractivity contribution in [1.29, 1.82) is 0 Å². The van der Waals surface area contributed by atoms with Crippen LogP contribution in [-0.4, -0.2) is 16.4 Å². The van der Waals surface area contributed by atoms with Gasteiger partial charge in [0.25, 0.3) is 0 Å². The molecule has 0 bridgehead atoms. The van der Waals surface area contributed by atoms with Gasteiger partial charge < -0.3 is 5.32 Å². The van der Waals surface area contributed by atoms with Crippen molar-refractivity contribution in [1.82, 2.24) is 0 Å². The van der Waals surface area contributed by atoms with Crippen LogP contribution in [0.3, 0.4) is 0 Å². The highest BCUT2D eigenvalue weighted by Crippen LogP contribution is 2.31. The molecule has 0 fully saturated rings. The van der Waals surface area contributed by atoms with Crippen molar-refractivity contribution in [3.63, 3.8) is 0 Å². The predicted molar refractivity (Wildman–Crippen MR) is 108 cm³/mol. The summed E-state index contributed by atoms with van der Waals surface area (Å²) in [7, 11) is 0. The molecule has 0 aliphatic carbocycles. The van der Waals surface area contributed by atoms with Gasteiger partial charge in [-0.15, -0.1) is 0 Å². The van der Waals surface area contributed by atoms with Gasteiger partial charge in [-0.05, 0) is 36.8 Å². The fraction of sp³-hybridized carbons (Fsp3) is 0.368. The minimum absolute atomic E-state index is 0.173. The van der Waals surface area contributed by atoms with Gasteiger partial charge in [0.15, 0.2) is 0 Å². The Hall–Kier alpha value is -3.36. The van der Waals surface area contributed by atoms with Crippen LogP contribution in [0.15, 0.2) is 52.7 Å². The van der Waals surface area contributed by atoms with Crippen LogP contribution in [0.1, 0.15) is 39.0 Å². The minimum atomic E-state index is -0.806. The zero-order chi connectivity index (χ0) is 20.4. The molecule has 0 heterocycles.